The van der Waals surface area contributed by atoms with Gasteiger partial charge in [0.05, 0.1) is 10.7 Å². The van der Waals surface area contributed by atoms with Gasteiger partial charge in [0.2, 0.25) is 0 Å². The topological polar surface area (TPSA) is 76.9 Å². The number of H-pyrrole nitrogens is 1. The summed E-state index contributed by atoms with van der Waals surface area (Å²) in [5.74, 6) is -0.599. The molecule has 6 nitrogen and oxygen atoms in total. The van der Waals surface area contributed by atoms with Crippen molar-refractivity contribution in [1.29, 1.82) is 0 Å². The SMILES string of the molecule is Cn1c(=O)[nH]c(=O)n(-c2ccc(F)cc2Cl)c1=O. The number of halogens is 2. The Morgan fingerprint density at radius 3 is 2.50 bits per heavy atom. The minimum absolute atomic E-state index is 0.0000772. The van der Waals surface area contributed by atoms with Gasteiger partial charge in [-0.25, -0.2) is 27.9 Å². The van der Waals surface area contributed by atoms with Crippen LogP contribution in [0.15, 0.2) is 32.6 Å². The van der Waals surface area contributed by atoms with Crippen molar-refractivity contribution in [1.82, 2.24) is 14.1 Å². The lowest BCUT2D eigenvalue weighted by Gasteiger charge is -2.07. The molecule has 18 heavy (non-hydrogen) atoms. The van der Waals surface area contributed by atoms with Gasteiger partial charge in [0.25, 0.3) is 0 Å². The minimum Gasteiger partial charge on any atom is -0.258 e. The average Bonchev–Trinajstić information content (AvgIpc) is 2.29. The van der Waals surface area contributed by atoms with Crippen LogP contribution in [0.4, 0.5) is 4.39 Å². The molecular weight excluding hydrogens is 265 g/mol. The Balaban J connectivity index is 2.88. The van der Waals surface area contributed by atoms with Crippen molar-refractivity contribution in [2.24, 2.45) is 7.05 Å². The normalized spacial score (nSPS) is 10.6. The fourth-order valence-corrected chi connectivity index (χ4v) is 1.68. The van der Waals surface area contributed by atoms with Gasteiger partial charge in [-0.3, -0.25) is 4.98 Å². The van der Waals surface area contributed by atoms with E-state index in [9.17, 15) is 18.8 Å². The molecule has 0 unspecified atom stereocenters. The van der Waals surface area contributed by atoms with E-state index < -0.39 is 22.9 Å². The van der Waals surface area contributed by atoms with Crippen LogP contribution in [0, 0.1) is 5.82 Å². The van der Waals surface area contributed by atoms with E-state index in [-0.39, 0.29) is 10.7 Å². The zero-order valence-corrected chi connectivity index (χ0v) is 9.86. The van der Waals surface area contributed by atoms with E-state index in [4.69, 9.17) is 11.6 Å². The second-order valence-electron chi connectivity index (χ2n) is 3.51. The molecule has 1 aromatic heterocycles. The summed E-state index contributed by atoms with van der Waals surface area (Å²) in [6.07, 6.45) is 0. The van der Waals surface area contributed by atoms with Gasteiger partial charge in [-0.05, 0) is 18.2 Å². The number of aromatic amines is 1. The Kier molecular flexibility index (Phi) is 2.92. The Labute approximate surface area is 104 Å². The highest BCUT2D eigenvalue weighted by Crippen LogP contribution is 2.18. The first-order valence-electron chi connectivity index (χ1n) is 4.79. The molecule has 0 bridgehead atoms. The quantitative estimate of drug-likeness (QED) is 0.794. The molecule has 0 radical (unpaired) electrons. The van der Waals surface area contributed by atoms with Crippen LogP contribution in [0.2, 0.25) is 5.02 Å². The number of rotatable bonds is 1. The molecule has 1 N–H and O–H groups in total. The molecule has 0 spiro atoms. The molecule has 0 aliphatic rings. The summed E-state index contributed by atoms with van der Waals surface area (Å²) < 4.78 is 14.3. The summed E-state index contributed by atoms with van der Waals surface area (Å²) >= 11 is 5.76. The monoisotopic (exact) mass is 271 g/mol. The lowest BCUT2D eigenvalue weighted by atomic mass is 10.3. The van der Waals surface area contributed by atoms with Crippen LogP contribution in [0.1, 0.15) is 0 Å². The van der Waals surface area contributed by atoms with Crippen molar-refractivity contribution in [2.75, 3.05) is 0 Å². The Bertz CT molecular complexity index is 790. The molecule has 0 saturated carbocycles. The smallest absolute Gasteiger partial charge is 0.258 e. The third kappa shape index (κ3) is 1.88. The maximum atomic E-state index is 12.9. The van der Waals surface area contributed by atoms with E-state index in [1.807, 2.05) is 4.98 Å². The first-order valence-corrected chi connectivity index (χ1v) is 5.17. The lowest BCUT2D eigenvalue weighted by molar-refractivity contribution is 0.625. The van der Waals surface area contributed by atoms with Gasteiger partial charge in [-0.1, -0.05) is 11.6 Å². The molecule has 0 fully saturated rings. The van der Waals surface area contributed by atoms with Crippen molar-refractivity contribution in [3.8, 4) is 5.69 Å². The van der Waals surface area contributed by atoms with E-state index in [2.05, 4.69) is 0 Å². The highest BCUT2D eigenvalue weighted by Gasteiger charge is 2.12. The van der Waals surface area contributed by atoms with E-state index in [0.29, 0.717) is 9.13 Å². The van der Waals surface area contributed by atoms with Crippen molar-refractivity contribution >= 4 is 11.6 Å². The number of hydrogen-bond donors (Lipinski definition) is 1. The zero-order chi connectivity index (χ0) is 13.4. The van der Waals surface area contributed by atoms with Crippen molar-refractivity contribution in [3.63, 3.8) is 0 Å². The molecule has 1 heterocycles. The fraction of sp³-hybridized carbons (Fsp3) is 0.100. The molecule has 2 rings (SSSR count). The van der Waals surface area contributed by atoms with Crippen molar-refractivity contribution in [2.45, 2.75) is 0 Å². The zero-order valence-electron chi connectivity index (χ0n) is 9.11. The maximum absolute atomic E-state index is 12.9. The van der Waals surface area contributed by atoms with Crippen LogP contribution in [0.25, 0.3) is 5.69 Å². The molecule has 2 aromatic rings. The van der Waals surface area contributed by atoms with Gasteiger partial charge in [-0.2, -0.15) is 0 Å². The van der Waals surface area contributed by atoms with Crippen LogP contribution in [0.3, 0.4) is 0 Å². The molecule has 1 aromatic carbocycles. The predicted molar refractivity (Wildman–Crippen MR) is 62.9 cm³/mol. The summed E-state index contributed by atoms with van der Waals surface area (Å²) in [5, 5.41) is -0.110. The van der Waals surface area contributed by atoms with Gasteiger partial charge in [-0.15, -0.1) is 0 Å². The predicted octanol–water partition coefficient (Wildman–Crippen LogP) is 0.0170. The number of hydrogen-bond acceptors (Lipinski definition) is 3. The summed E-state index contributed by atoms with van der Waals surface area (Å²) in [6.45, 7) is 0. The highest BCUT2D eigenvalue weighted by molar-refractivity contribution is 6.32. The van der Waals surface area contributed by atoms with E-state index in [1.165, 1.54) is 13.1 Å². The van der Waals surface area contributed by atoms with Gasteiger partial charge in [0.1, 0.15) is 5.82 Å². The Hall–Kier alpha value is -2.15. The molecule has 0 atom stereocenters. The van der Waals surface area contributed by atoms with Gasteiger partial charge in [0, 0.05) is 7.05 Å². The second kappa shape index (κ2) is 4.26. The molecule has 0 aliphatic heterocycles. The number of benzene rings is 1. The van der Waals surface area contributed by atoms with E-state index >= 15 is 0 Å². The Morgan fingerprint density at radius 2 is 1.89 bits per heavy atom. The number of aromatic nitrogens is 3. The first-order chi connectivity index (χ1) is 8.41. The summed E-state index contributed by atoms with van der Waals surface area (Å²) in [6, 6.07) is 3.20. The van der Waals surface area contributed by atoms with Crippen LogP contribution in [-0.2, 0) is 7.05 Å². The summed E-state index contributed by atoms with van der Waals surface area (Å²) in [5.41, 5.74) is -2.63. The highest BCUT2D eigenvalue weighted by atomic mass is 35.5. The minimum atomic E-state index is -0.934. The third-order valence-corrected chi connectivity index (χ3v) is 2.65. The molecule has 0 aliphatic carbocycles. The maximum Gasteiger partial charge on any atom is 0.340 e. The number of nitrogens with one attached hydrogen (secondary N) is 1. The Morgan fingerprint density at radius 1 is 1.22 bits per heavy atom. The molecule has 0 amide bonds. The average molecular weight is 272 g/mol. The van der Waals surface area contributed by atoms with Gasteiger partial charge >= 0.3 is 17.1 Å². The van der Waals surface area contributed by atoms with Crippen LogP contribution in [-0.4, -0.2) is 14.1 Å². The molecular formula is C10H7ClFN3O3. The fourth-order valence-electron chi connectivity index (χ4n) is 1.43. The van der Waals surface area contributed by atoms with Gasteiger partial charge in [0.15, 0.2) is 0 Å². The largest absolute Gasteiger partial charge is 0.340 e. The van der Waals surface area contributed by atoms with Crippen LogP contribution < -0.4 is 17.1 Å². The molecule has 94 valence electrons. The summed E-state index contributed by atoms with van der Waals surface area (Å²) in [4.78, 5) is 36.5. The van der Waals surface area contributed by atoms with Crippen molar-refractivity contribution in [3.05, 3.63) is 60.5 Å². The lowest BCUT2D eigenvalue weighted by Crippen LogP contribution is -2.47. The van der Waals surface area contributed by atoms with Crippen LogP contribution >= 0.6 is 11.6 Å². The van der Waals surface area contributed by atoms with Crippen molar-refractivity contribution < 1.29 is 4.39 Å². The summed E-state index contributed by atoms with van der Waals surface area (Å²) in [7, 11) is 1.20. The number of nitrogens with zero attached hydrogens (tertiary/aromatic N) is 2. The van der Waals surface area contributed by atoms with E-state index in [0.717, 1.165) is 12.1 Å². The second-order valence-corrected chi connectivity index (χ2v) is 3.92. The van der Waals surface area contributed by atoms with E-state index in [1.54, 1.807) is 0 Å². The van der Waals surface area contributed by atoms with Crippen LogP contribution in [0.5, 0.6) is 0 Å². The third-order valence-electron chi connectivity index (χ3n) is 2.35. The molecule has 8 heteroatoms. The molecule has 0 saturated heterocycles. The standard InChI is InChI=1S/C10H7ClFN3O3/c1-14-8(16)13-9(17)15(10(14)18)7-3-2-5(12)4-6(7)11/h2-4H,1H3,(H,13,16,17). The van der Waals surface area contributed by atoms with Gasteiger partial charge < -0.3 is 0 Å². The first kappa shape index (κ1) is 12.3.